The van der Waals surface area contributed by atoms with E-state index in [0.29, 0.717) is 6.42 Å². The molecule has 3 heteroatoms. The zero-order valence-electron chi connectivity index (χ0n) is 8.95. The van der Waals surface area contributed by atoms with Gasteiger partial charge in [0.25, 0.3) is 0 Å². The van der Waals surface area contributed by atoms with Crippen molar-refractivity contribution in [2.75, 3.05) is 0 Å². The maximum atomic E-state index is 11.4. The van der Waals surface area contributed by atoms with Gasteiger partial charge < -0.3 is 5.11 Å². The number of aliphatic carboxylic acids is 1. The zero-order valence-corrected chi connectivity index (χ0v) is 8.95. The molecule has 0 saturated heterocycles. The summed E-state index contributed by atoms with van der Waals surface area (Å²) < 4.78 is 0. The van der Waals surface area contributed by atoms with E-state index in [4.69, 9.17) is 5.11 Å². The van der Waals surface area contributed by atoms with Gasteiger partial charge in [0, 0.05) is 12.8 Å². The Balaban J connectivity index is 2.58. The molecule has 0 radical (unpaired) electrons. The molecular weight excluding hydrogens is 192 g/mol. The van der Waals surface area contributed by atoms with Gasteiger partial charge in [0.1, 0.15) is 5.78 Å². The van der Waals surface area contributed by atoms with Crippen molar-refractivity contribution in [3.63, 3.8) is 0 Å². The molecule has 0 heterocycles. The summed E-state index contributed by atoms with van der Waals surface area (Å²) >= 11 is 0. The fraction of sp³-hybridized carbons (Fsp3) is 0.667. The molecule has 1 N–H and O–H groups in total. The molecule has 1 aliphatic rings. The fourth-order valence-electron chi connectivity index (χ4n) is 1.78. The summed E-state index contributed by atoms with van der Waals surface area (Å²) in [5.74, 6) is -1.43. The average Bonchev–Trinajstić information content (AvgIpc) is 2.23. The van der Waals surface area contributed by atoms with Crippen LogP contribution in [0.1, 0.15) is 44.9 Å². The number of hydrogen-bond acceptors (Lipinski definition) is 2. The van der Waals surface area contributed by atoms with E-state index < -0.39 is 11.9 Å². The van der Waals surface area contributed by atoms with Crippen molar-refractivity contribution >= 4 is 11.8 Å². The maximum absolute atomic E-state index is 11.4. The van der Waals surface area contributed by atoms with Crippen molar-refractivity contribution in [2.24, 2.45) is 5.92 Å². The Morgan fingerprint density at radius 3 is 2.73 bits per heavy atom. The number of ketones is 1. The lowest BCUT2D eigenvalue weighted by Crippen LogP contribution is -2.15. The molecular formula is C12H18O3. The molecule has 1 unspecified atom stereocenters. The van der Waals surface area contributed by atoms with E-state index in [9.17, 15) is 9.59 Å². The van der Waals surface area contributed by atoms with Crippen LogP contribution in [0.2, 0.25) is 0 Å². The van der Waals surface area contributed by atoms with Crippen molar-refractivity contribution in [1.82, 2.24) is 0 Å². The van der Waals surface area contributed by atoms with E-state index in [2.05, 4.69) is 0 Å². The van der Waals surface area contributed by atoms with Gasteiger partial charge in [0.15, 0.2) is 0 Å². The summed E-state index contributed by atoms with van der Waals surface area (Å²) in [5.41, 5.74) is 0. The van der Waals surface area contributed by atoms with Crippen LogP contribution in [0.15, 0.2) is 12.2 Å². The number of rotatable bonds is 1. The molecule has 0 aromatic carbocycles. The minimum absolute atomic E-state index is 0.0777. The SMILES string of the molecule is O=C1CCCCCC/C=C/C(C(=O)O)C1. The highest BCUT2D eigenvalue weighted by Crippen LogP contribution is 2.14. The molecule has 0 aromatic heterocycles. The Hall–Kier alpha value is -1.12. The Morgan fingerprint density at radius 1 is 1.27 bits per heavy atom. The van der Waals surface area contributed by atoms with Crippen molar-refractivity contribution < 1.29 is 14.7 Å². The van der Waals surface area contributed by atoms with Crippen LogP contribution in [0.5, 0.6) is 0 Å². The van der Waals surface area contributed by atoms with Gasteiger partial charge in [0.2, 0.25) is 0 Å². The van der Waals surface area contributed by atoms with Gasteiger partial charge in [-0.25, -0.2) is 0 Å². The number of hydrogen-bond donors (Lipinski definition) is 1. The molecule has 84 valence electrons. The first-order chi connectivity index (χ1) is 7.20. The van der Waals surface area contributed by atoms with Crippen LogP contribution in [0, 0.1) is 5.92 Å². The summed E-state index contributed by atoms with van der Waals surface area (Å²) in [6.45, 7) is 0. The number of carbonyl (C=O) groups excluding carboxylic acids is 1. The van der Waals surface area contributed by atoms with E-state index in [0.717, 1.165) is 32.1 Å². The van der Waals surface area contributed by atoms with Gasteiger partial charge in [-0.3, -0.25) is 9.59 Å². The third-order valence-corrected chi connectivity index (χ3v) is 2.71. The Bertz CT molecular complexity index is 256. The quantitative estimate of drug-likeness (QED) is 0.677. The lowest BCUT2D eigenvalue weighted by Gasteiger charge is -2.05. The second-order valence-electron chi connectivity index (χ2n) is 4.07. The first-order valence-electron chi connectivity index (χ1n) is 5.61. The summed E-state index contributed by atoms with van der Waals surface area (Å²) in [6.07, 6.45) is 9.42. The number of allylic oxidation sites excluding steroid dienone is 1. The maximum Gasteiger partial charge on any atom is 0.310 e. The van der Waals surface area contributed by atoms with E-state index in [-0.39, 0.29) is 12.2 Å². The van der Waals surface area contributed by atoms with Crippen LogP contribution in [-0.2, 0) is 9.59 Å². The first-order valence-corrected chi connectivity index (χ1v) is 5.61. The first kappa shape index (κ1) is 12.0. The highest BCUT2D eigenvalue weighted by Gasteiger charge is 2.18. The molecule has 0 saturated carbocycles. The predicted octanol–water partition coefficient (Wildman–Crippen LogP) is 2.56. The smallest absolute Gasteiger partial charge is 0.310 e. The van der Waals surface area contributed by atoms with E-state index in [1.165, 1.54) is 0 Å². The largest absolute Gasteiger partial charge is 0.481 e. The molecule has 0 aromatic rings. The summed E-state index contributed by atoms with van der Waals surface area (Å²) in [7, 11) is 0. The molecule has 0 fully saturated rings. The Kier molecular flexibility index (Phi) is 5.08. The molecule has 15 heavy (non-hydrogen) atoms. The predicted molar refractivity (Wildman–Crippen MR) is 57.6 cm³/mol. The van der Waals surface area contributed by atoms with Gasteiger partial charge in [-0.15, -0.1) is 0 Å². The number of Topliss-reactive ketones (excluding diaryl/α,β-unsaturated/α-hetero) is 1. The van der Waals surface area contributed by atoms with Gasteiger partial charge in [-0.1, -0.05) is 25.0 Å². The van der Waals surface area contributed by atoms with Crippen LogP contribution in [0.25, 0.3) is 0 Å². The zero-order chi connectivity index (χ0) is 11.1. The minimum Gasteiger partial charge on any atom is -0.481 e. The molecule has 0 bridgehead atoms. The summed E-state index contributed by atoms with van der Waals surface area (Å²) in [5, 5.41) is 8.90. The van der Waals surface area contributed by atoms with Gasteiger partial charge in [0.05, 0.1) is 5.92 Å². The van der Waals surface area contributed by atoms with Crippen LogP contribution >= 0.6 is 0 Å². The fourth-order valence-corrected chi connectivity index (χ4v) is 1.78. The molecule has 1 aliphatic carbocycles. The number of carbonyl (C=O) groups is 2. The lowest BCUT2D eigenvalue weighted by atomic mass is 9.99. The van der Waals surface area contributed by atoms with Gasteiger partial charge in [-0.2, -0.15) is 0 Å². The number of carboxylic acid groups (broad SMARTS) is 1. The minimum atomic E-state index is -0.890. The van der Waals surface area contributed by atoms with Gasteiger partial charge in [-0.05, 0) is 19.3 Å². The standard InChI is InChI=1S/C12H18O3/c13-11-8-6-4-2-1-3-5-7-10(9-11)12(14)15/h5,7,10H,1-4,6,8-9H2,(H,14,15)/b7-5+. The lowest BCUT2D eigenvalue weighted by molar-refractivity contribution is -0.141. The Labute approximate surface area is 90.2 Å². The normalized spacial score (nSPS) is 26.7. The monoisotopic (exact) mass is 210 g/mol. The molecule has 3 nitrogen and oxygen atoms in total. The second-order valence-corrected chi connectivity index (χ2v) is 4.07. The molecule has 1 atom stereocenters. The van der Waals surface area contributed by atoms with Crippen LogP contribution in [0.4, 0.5) is 0 Å². The molecule has 0 amide bonds. The van der Waals surface area contributed by atoms with E-state index in [1.54, 1.807) is 6.08 Å². The third kappa shape index (κ3) is 4.77. The highest BCUT2D eigenvalue weighted by molar-refractivity contribution is 5.84. The van der Waals surface area contributed by atoms with Crippen molar-refractivity contribution in [3.8, 4) is 0 Å². The number of carboxylic acids is 1. The van der Waals surface area contributed by atoms with Crippen LogP contribution in [-0.4, -0.2) is 16.9 Å². The van der Waals surface area contributed by atoms with Crippen molar-refractivity contribution in [3.05, 3.63) is 12.2 Å². The van der Waals surface area contributed by atoms with Crippen molar-refractivity contribution in [2.45, 2.75) is 44.9 Å². The van der Waals surface area contributed by atoms with Crippen LogP contribution in [0.3, 0.4) is 0 Å². The van der Waals surface area contributed by atoms with Crippen LogP contribution < -0.4 is 0 Å². The third-order valence-electron chi connectivity index (χ3n) is 2.71. The molecule has 0 aliphatic heterocycles. The Morgan fingerprint density at radius 2 is 2.00 bits per heavy atom. The average molecular weight is 210 g/mol. The summed E-state index contributed by atoms with van der Waals surface area (Å²) in [4.78, 5) is 22.3. The molecule has 1 rings (SSSR count). The summed E-state index contributed by atoms with van der Waals surface area (Å²) in [6, 6.07) is 0. The highest BCUT2D eigenvalue weighted by atomic mass is 16.4. The van der Waals surface area contributed by atoms with Gasteiger partial charge >= 0.3 is 5.97 Å². The molecule has 0 spiro atoms. The van der Waals surface area contributed by atoms with E-state index in [1.807, 2.05) is 6.08 Å². The van der Waals surface area contributed by atoms with Crippen molar-refractivity contribution in [1.29, 1.82) is 0 Å². The topological polar surface area (TPSA) is 54.4 Å². The second kappa shape index (κ2) is 6.38. The van der Waals surface area contributed by atoms with E-state index >= 15 is 0 Å².